The fourth-order valence-electron chi connectivity index (χ4n) is 1.35. The summed E-state index contributed by atoms with van der Waals surface area (Å²) in [6.45, 7) is 0. The molecular formula is C9H12N2O3. The fraction of sp³-hybridized carbons (Fsp3) is 0.667. The number of carboxylic acid groups (broad SMARTS) is 2. The molecule has 0 atom stereocenters. The Labute approximate surface area is 82.2 Å². The molecule has 14 heavy (non-hydrogen) atoms. The summed E-state index contributed by atoms with van der Waals surface area (Å²) >= 11 is 0. The molecule has 2 N–H and O–H groups in total. The van der Waals surface area contributed by atoms with Crippen LogP contribution in [-0.2, 0) is 0 Å². The Morgan fingerprint density at radius 3 is 1.36 bits per heavy atom. The third kappa shape index (κ3) is 5.84. The van der Waals surface area contributed by atoms with Gasteiger partial charge in [-0.15, -0.1) is 0 Å². The quantitative estimate of drug-likeness (QED) is 0.616. The minimum Gasteiger partial charge on any atom is -0.450 e. The maximum atomic E-state index is 8.56. The summed E-state index contributed by atoms with van der Waals surface area (Å²) in [4.78, 5) is 8.56. The Hall–Kier alpha value is -1.75. The number of carbonyl (C=O) groups is 1. The van der Waals surface area contributed by atoms with E-state index in [0.29, 0.717) is 0 Å². The van der Waals surface area contributed by atoms with Gasteiger partial charge in [0, 0.05) is 11.8 Å². The van der Waals surface area contributed by atoms with Crippen molar-refractivity contribution < 1.29 is 15.0 Å². The first-order valence-electron chi connectivity index (χ1n) is 4.31. The first-order chi connectivity index (χ1) is 6.60. The van der Waals surface area contributed by atoms with Crippen molar-refractivity contribution in [3.8, 4) is 12.1 Å². The summed E-state index contributed by atoms with van der Waals surface area (Å²) in [5.74, 6) is 0.453. The molecule has 1 aliphatic carbocycles. The van der Waals surface area contributed by atoms with Gasteiger partial charge in [0.2, 0.25) is 0 Å². The minimum atomic E-state index is -1.83. The molecule has 1 rings (SSSR count). The van der Waals surface area contributed by atoms with Gasteiger partial charge in [-0.3, -0.25) is 0 Å². The summed E-state index contributed by atoms with van der Waals surface area (Å²) in [6.07, 6.45) is 1.87. The molecule has 5 heteroatoms. The monoisotopic (exact) mass is 196 g/mol. The Bertz CT molecular complexity index is 230. The van der Waals surface area contributed by atoms with Crippen LogP contribution in [-0.4, -0.2) is 16.4 Å². The van der Waals surface area contributed by atoms with Crippen molar-refractivity contribution in [2.75, 3.05) is 0 Å². The summed E-state index contributed by atoms with van der Waals surface area (Å²) in [7, 11) is 0. The third-order valence-electron chi connectivity index (χ3n) is 2.09. The zero-order valence-corrected chi connectivity index (χ0v) is 7.68. The lowest BCUT2D eigenvalue weighted by molar-refractivity contribution is 0.137. The highest BCUT2D eigenvalue weighted by Gasteiger charge is 2.19. The molecule has 0 bridgehead atoms. The Kier molecular flexibility index (Phi) is 5.89. The van der Waals surface area contributed by atoms with Gasteiger partial charge in [0.05, 0.1) is 12.1 Å². The van der Waals surface area contributed by atoms with Gasteiger partial charge in [0.25, 0.3) is 0 Å². The van der Waals surface area contributed by atoms with Crippen LogP contribution in [0.1, 0.15) is 25.7 Å². The maximum Gasteiger partial charge on any atom is 0.503 e. The largest absolute Gasteiger partial charge is 0.503 e. The first-order valence-corrected chi connectivity index (χ1v) is 4.31. The molecule has 5 nitrogen and oxygen atoms in total. The van der Waals surface area contributed by atoms with Gasteiger partial charge in [0.1, 0.15) is 0 Å². The number of hydrogen-bond donors (Lipinski definition) is 2. The van der Waals surface area contributed by atoms with Gasteiger partial charge in [0.15, 0.2) is 0 Å². The summed E-state index contributed by atoms with van der Waals surface area (Å²) in [6, 6.07) is 4.48. The fourth-order valence-corrected chi connectivity index (χ4v) is 1.35. The van der Waals surface area contributed by atoms with Crippen LogP contribution in [0.2, 0.25) is 0 Å². The molecule has 76 valence electrons. The summed E-state index contributed by atoms with van der Waals surface area (Å²) in [5.41, 5.74) is 0. The van der Waals surface area contributed by atoms with Crippen LogP contribution >= 0.6 is 0 Å². The molecule has 1 aliphatic rings. The van der Waals surface area contributed by atoms with E-state index in [1.54, 1.807) is 0 Å². The number of nitriles is 2. The smallest absolute Gasteiger partial charge is 0.450 e. The van der Waals surface area contributed by atoms with Gasteiger partial charge in [-0.05, 0) is 25.7 Å². The lowest BCUT2D eigenvalue weighted by Crippen LogP contribution is -2.11. The van der Waals surface area contributed by atoms with E-state index in [0.717, 1.165) is 25.7 Å². The van der Waals surface area contributed by atoms with Gasteiger partial charge >= 0.3 is 6.16 Å². The highest BCUT2D eigenvalue weighted by molar-refractivity contribution is 5.53. The van der Waals surface area contributed by atoms with Crippen molar-refractivity contribution in [1.82, 2.24) is 0 Å². The lowest BCUT2D eigenvalue weighted by Gasteiger charge is -2.18. The number of rotatable bonds is 0. The SMILES string of the molecule is N#CC1CCC(C#N)CC1.O=C(O)O. The topological polar surface area (TPSA) is 105 Å². The molecule has 0 aromatic heterocycles. The second-order valence-corrected chi connectivity index (χ2v) is 3.09. The normalized spacial score (nSPS) is 24.7. The van der Waals surface area contributed by atoms with Crippen LogP contribution in [0.4, 0.5) is 4.79 Å². The molecule has 0 heterocycles. The number of hydrogen-bond acceptors (Lipinski definition) is 3. The Morgan fingerprint density at radius 2 is 1.21 bits per heavy atom. The molecule has 0 amide bonds. The van der Waals surface area contributed by atoms with Crippen molar-refractivity contribution in [1.29, 1.82) is 10.5 Å². The minimum absolute atomic E-state index is 0.226. The molecule has 0 saturated heterocycles. The van der Waals surface area contributed by atoms with Crippen molar-refractivity contribution in [3.05, 3.63) is 0 Å². The van der Waals surface area contributed by atoms with Gasteiger partial charge < -0.3 is 10.2 Å². The van der Waals surface area contributed by atoms with Crippen LogP contribution in [0.25, 0.3) is 0 Å². The van der Waals surface area contributed by atoms with E-state index in [-0.39, 0.29) is 11.8 Å². The van der Waals surface area contributed by atoms with Crippen molar-refractivity contribution in [3.63, 3.8) is 0 Å². The van der Waals surface area contributed by atoms with Crippen LogP contribution in [0.5, 0.6) is 0 Å². The molecule has 0 aromatic rings. The second kappa shape index (κ2) is 6.73. The van der Waals surface area contributed by atoms with E-state index in [1.165, 1.54) is 0 Å². The van der Waals surface area contributed by atoms with E-state index >= 15 is 0 Å². The van der Waals surface area contributed by atoms with E-state index in [1.807, 2.05) is 0 Å². The molecule has 0 aromatic carbocycles. The van der Waals surface area contributed by atoms with Crippen LogP contribution in [0, 0.1) is 34.5 Å². The van der Waals surface area contributed by atoms with Crippen LogP contribution in [0.15, 0.2) is 0 Å². The van der Waals surface area contributed by atoms with E-state index in [9.17, 15) is 0 Å². The van der Waals surface area contributed by atoms with Gasteiger partial charge in [-0.25, -0.2) is 4.79 Å². The molecule has 0 unspecified atom stereocenters. The maximum absolute atomic E-state index is 8.56. The molecule has 0 spiro atoms. The first kappa shape index (κ1) is 12.2. The predicted molar refractivity (Wildman–Crippen MR) is 47.3 cm³/mol. The molecule has 0 aliphatic heterocycles. The standard InChI is InChI=1S/C8H10N2.CH2O3/c9-5-7-1-2-8(6-10)4-3-7;2-1(3)4/h7-8H,1-4H2;(H2,2,3,4). The summed E-state index contributed by atoms with van der Waals surface area (Å²) in [5, 5.41) is 31.0. The third-order valence-corrected chi connectivity index (χ3v) is 2.09. The highest BCUT2D eigenvalue weighted by atomic mass is 16.6. The average molecular weight is 196 g/mol. The van der Waals surface area contributed by atoms with E-state index in [4.69, 9.17) is 25.5 Å². The van der Waals surface area contributed by atoms with Crippen molar-refractivity contribution in [2.24, 2.45) is 11.8 Å². The highest BCUT2D eigenvalue weighted by Crippen LogP contribution is 2.27. The second-order valence-electron chi connectivity index (χ2n) is 3.09. The van der Waals surface area contributed by atoms with Crippen molar-refractivity contribution >= 4 is 6.16 Å². The Morgan fingerprint density at radius 1 is 1.00 bits per heavy atom. The lowest BCUT2D eigenvalue weighted by atomic mass is 9.84. The number of nitrogens with zero attached hydrogens (tertiary/aromatic N) is 2. The van der Waals surface area contributed by atoms with Gasteiger partial charge in [-0.2, -0.15) is 10.5 Å². The molecular weight excluding hydrogens is 184 g/mol. The molecule has 1 saturated carbocycles. The zero-order chi connectivity index (χ0) is 11.0. The van der Waals surface area contributed by atoms with Crippen molar-refractivity contribution in [2.45, 2.75) is 25.7 Å². The molecule has 1 fully saturated rings. The van der Waals surface area contributed by atoms with E-state index < -0.39 is 6.16 Å². The average Bonchev–Trinajstić information content (AvgIpc) is 2.17. The molecule has 0 radical (unpaired) electrons. The van der Waals surface area contributed by atoms with Crippen LogP contribution in [0.3, 0.4) is 0 Å². The van der Waals surface area contributed by atoms with E-state index in [2.05, 4.69) is 12.1 Å². The zero-order valence-electron chi connectivity index (χ0n) is 7.68. The summed E-state index contributed by atoms with van der Waals surface area (Å²) < 4.78 is 0. The predicted octanol–water partition coefficient (Wildman–Crippen LogP) is 2.06. The van der Waals surface area contributed by atoms with Crippen LogP contribution < -0.4 is 0 Å². The Balaban J connectivity index is 0.000000364. The van der Waals surface area contributed by atoms with Gasteiger partial charge in [-0.1, -0.05) is 0 Å².